The summed E-state index contributed by atoms with van der Waals surface area (Å²) in [5.41, 5.74) is 1.27. The van der Waals surface area contributed by atoms with Crippen LogP contribution in [0.3, 0.4) is 0 Å². The number of nitrogens with one attached hydrogen (secondary N) is 1. The van der Waals surface area contributed by atoms with Crippen molar-refractivity contribution < 1.29 is 5.11 Å². The molecule has 0 amide bonds. The highest BCUT2D eigenvalue weighted by Crippen LogP contribution is 2.16. The van der Waals surface area contributed by atoms with E-state index in [2.05, 4.69) is 5.32 Å². The van der Waals surface area contributed by atoms with Gasteiger partial charge >= 0.3 is 0 Å². The molecule has 2 N–H and O–H groups in total. The molecule has 0 saturated carbocycles. The maximum Gasteiger partial charge on any atom is 0.0592 e. The van der Waals surface area contributed by atoms with Crippen molar-refractivity contribution in [1.29, 1.82) is 0 Å². The van der Waals surface area contributed by atoms with Gasteiger partial charge in [-0.15, -0.1) is 0 Å². The quantitative estimate of drug-likeness (QED) is 0.789. The molecule has 0 radical (unpaired) electrons. The molecule has 2 nitrogen and oxygen atoms in total. The first-order valence-electron chi connectivity index (χ1n) is 5.42. The molecule has 1 atom stereocenters. The molecule has 1 unspecified atom stereocenters. The second-order valence-electron chi connectivity index (χ2n) is 3.58. The standard InChI is InChI=1S/C12H18ClNOS/c1-2-14-12(7-15)9-16-8-10-3-5-11(13)6-4-10/h3-6,12,14-15H,2,7-9H2,1H3. The van der Waals surface area contributed by atoms with Gasteiger partial charge in [-0.05, 0) is 24.2 Å². The molecule has 0 heterocycles. The van der Waals surface area contributed by atoms with Crippen molar-refractivity contribution in [3.8, 4) is 0 Å². The SMILES string of the molecule is CCNC(CO)CSCc1ccc(Cl)cc1. The van der Waals surface area contributed by atoms with E-state index in [9.17, 15) is 0 Å². The number of hydrogen-bond acceptors (Lipinski definition) is 3. The first kappa shape index (κ1) is 13.8. The minimum Gasteiger partial charge on any atom is -0.395 e. The summed E-state index contributed by atoms with van der Waals surface area (Å²) in [4.78, 5) is 0. The molecule has 0 spiro atoms. The zero-order valence-electron chi connectivity index (χ0n) is 9.45. The Balaban J connectivity index is 2.26. The molecule has 0 fully saturated rings. The number of hydrogen-bond donors (Lipinski definition) is 2. The van der Waals surface area contributed by atoms with E-state index in [4.69, 9.17) is 16.7 Å². The van der Waals surface area contributed by atoms with Gasteiger partial charge in [-0.1, -0.05) is 30.7 Å². The summed E-state index contributed by atoms with van der Waals surface area (Å²) in [5.74, 6) is 1.88. The van der Waals surface area contributed by atoms with Crippen LogP contribution in [0.2, 0.25) is 5.02 Å². The van der Waals surface area contributed by atoms with E-state index in [-0.39, 0.29) is 12.6 Å². The van der Waals surface area contributed by atoms with Gasteiger partial charge in [0.15, 0.2) is 0 Å². The van der Waals surface area contributed by atoms with Crippen molar-refractivity contribution in [3.05, 3.63) is 34.9 Å². The Morgan fingerprint density at radius 1 is 1.38 bits per heavy atom. The second kappa shape index (κ2) is 7.96. The minimum atomic E-state index is 0.196. The monoisotopic (exact) mass is 259 g/mol. The Bertz CT molecular complexity index is 292. The average molecular weight is 260 g/mol. The molecule has 90 valence electrons. The highest BCUT2D eigenvalue weighted by Gasteiger charge is 2.05. The summed E-state index contributed by atoms with van der Waals surface area (Å²) >= 11 is 7.63. The molecule has 4 heteroatoms. The number of likely N-dealkylation sites (N-methyl/N-ethyl adjacent to an activating group) is 1. The normalized spacial score (nSPS) is 12.7. The van der Waals surface area contributed by atoms with Gasteiger partial charge in [0.25, 0.3) is 0 Å². The largest absolute Gasteiger partial charge is 0.395 e. The smallest absolute Gasteiger partial charge is 0.0592 e. The highest BCUT2D eigenvalue weighted by atomic mass is 35.5. The third kappa shape index (κ3) is 5.21. The van der Waals surface area contributed by atoms with Crippen LogP contribution in [0, 0.1) is 0 Å². The Labute approximate surface area is 106 Å². The van der Waals surface area contributed by atoms with Crippen LogP contribution in [-0.4, -0.2) is 30.1 Å². The van der Waals surface area contributed by atoms with Crippen molar-refractivity contribution in [2.24, 2.45) is 0 Å². The third-order valence-electron chi connectivity index (χ3n) is 2.21. The summed E-state index contributed by atoms with van der Waals surface area (Å²) in [6, 6.07) is 8.09. The van der Waals surface area contributed by atoms with Gasteiger partial charge < -0.3 is 10.4 Å². The van der Waals surface area contributed by atoms with Gasteiger partial charge in [-0.2, -0.15) is 11.8 Å². The fourth-order valence-corrected chi connectivity index (χ4v) is 2.54. The van der Waals surface area contributed by atoms with Crippen LogP contribution in [0.25, 0.3) is 0 Å². The maximum atomic E-state index is 9.10. The highest BCUT2D eigenvalue weighted by molar-refractivity contribution is 7.98. The summed E-state index contributed by atoms with van der Waals surface area (Å²) in [6.07, 6.45) is 0. The summed E-state index contributed by atoms with van der Waals surface area (Å²) in [5, 5.41) is 13.1. The lowest BCUT2D eigenvalue weighted by molar-refractivity contribution is 0.255. The van der Waals surface area contributed by atoms with Crippen LogP contribution in [-0.2, 0) is 5.75 Å². The minimum absolute atomic E-state index is 0.196. The van der Waals surface area contributed by atoms with Crippen LogP contribution in [0.4, 0.5) is 0 Å². The van der Waals surface area contributed by atoms with Gasteiger partial charge in [-0.25, -0.2) is 0 Å². The van der Waals surface area contributed by atoms with E-state index < -0.39 is 0 Å². The predicted octanol–water partition coefficient (Wildman–Crippen LogP) is 2.54. The molecule has 0 bridgehead atoms. The molecule has 0 saturated heterocycles. The van der Waals surface area contributed by atoms with Crippen LogP contribution >= 0.6 is 23.4 Å². The topological polar surface area (TPSA) is 32.3 Å². The Hall–Kier alpha value is -0.220. The molecular formula is C12H18ClNOS. The zero-order valence-corrected chi connectivity index (χ0v) is 11.0. The summed E-state index contributed by atoms with van der Waals surface area (Å²) in [6.45, 7) is 3.14. The van der Waals surface area contributed by atoms with Crippen molar-refractivity contribution in [3.63, 3.8) is 0 Å². The fourth-order valence-electron chi connectivity index (χ4n) is 1.36. The Kier molecular flexibility index (Phi) is 6.88. The molecule has 1 aromatic rings. The fraction of sp³-hybridized carbons (Fsp3) is 0.500. The number of aliphatic hydroxyl groups is 1. The van der Waals surface area contributed by atoms with Gasteiger partial charge in [0.05, 0.1) is 6.61 Å². The van der Waals surface area contributed by atoms with Crippen LogP contribution in [0.5, 0.6) is 0 Å². The lowest BCUT2D eigenvalue weighted by Gasteiger charge is -2.14. The van der Waals surface area contributed by atoms with Crippen molar-refractivity contribution in [1.82, 2.24) is 5.32 Å². The van der Waals surface area contributed by atoms with Crippen molar-refractivity contribution in [2.45, 2.75) is 18.7 Å². The number of rotatable bonds is 7. The Morgan fingerprint density at radius 3 is 2.62 bits per heavy atom. The van der Waals surface area contributed by atoms with Crippen molar-refractivity contribution >= 4 is 23.4 Å². The predicted molar refractivity (Wildman–Crippen MR) is 72.2 cm³/mol. The molecule has 16 heavy (non-hydrogen) atoms. The molecule has 0 aliphatic rings. The van der Waals surface area contributed by atoms with Gasteiger partial charge in [0.2, 0.25) is 0 Å². The lowest BCUT2D eigenvalue weighted by atomic mass is 10.2. The zero-order chi connectivity index (χ0) is 11.8. The first-order valence-corrected chi connectivity index (χ1v) is 6.96. The molecule has 0 aliphatic heterocycles. The van der Waals surface area contributed by atoms with E-state index in [1.165, 1.54) is 5.56 Å². The lowest BCUT2D eigenvalue weighted by Crippen LogP contribution is -2.34. The average Bonchev–Trinajstić information content (AvgIpc) is 2.30. The molecule has 1 rings (SSSR count). The van der Waals surface area contributed by atoms with E-state index >= 15 is 0 Å². The third-order valence-corrected chi connectivity index (χ3v) is 3.64. The number of aliphatic hydroxyl groups excluding tert-OH is 1. The number of halogens is 1. The molecular weight excluding hydrogens is 242 g/mol. The van der Waals surface area contributed by atoms with E-state index in [0.717, 1.165) is 23.1 Å². The van der Waals surface area contributed by atoms with Gasteiger partial charge in [0, 0.05) is 22.6 Å². The van der Waals surface area contributed by atoms with Crippen molar-refractivity contribution in [2.75, 3.05) is 18.9 Å². The van der Waals surface area contributed by atoms with Crippen LogP contribution in [0.15, 0.2) is 24.3 Å². The molecule has 0 aromatic heterocycles. The number of thioether (sulfide) groups is 1. The molecule has 1 aromatic carbocycles. The Morgan fingerprint density at radius 2 is 2.06 bits per heavy atom. The van der Waals surface area contributed by atoms with E-state index in [1.54, 1.807) is 0 Å². The number of benzene rings is 1. The summed E-state index contributed by atoms with van der Waals surface area (Å²) in [7, 11) is 0. The van der Waals surface area contributed by atoms with Gasteiger partial charge in [-0.3, -0.25) is 0 Å². The van der Waals surface area contributed by atoms with E-state index in [1.807, 2.05) is 43.0 Å². The van der Waals surface area contributed by atoms with Crippen LogP contribution in [0.1, 0.15) is 12.5 Å². The van der Waals surface area contributed by atoms with Gasteiger partial charge in [0.1, 0.15) is 0 Å². The first-order chi connectivity index (χ1) is 7.76. The maximum absolute atomic E-state index is 9.10. The second-order valence-corrected chi connectivity index (χ2v) is 5.05. The summed E-state index contributed by atoms with van der Waals surface area (Å²) < 4.78 is 0. The molecule has 0 aliphatic carbocycles. The van der Waals surface area contributed by atoms with Crippen LogP contribution < -0.4 is 5.32 Å². The van der Waals surface area contributed by atoms with E-state index in [0.29, 0.717) is 0 Å².